The first-order chi connectivity index (χ1) is 17.9. The number of alkyl halides is 2. The molecule has 0 spiro atoms. The van der Waals surface area contributed by atoms with E-state index in [9.17, 15) is 28.0 Å². The lowest BCUT2D eigenvalue weighted by molar-refractivity contribution is -0.147. The largest absolute Gasteiger partial charge is 0.349 e. The van der Waals surface area contributed by atoms with Crippen molar-refractivity contribution in [3.05, 3.63) is 69.7 Å². The Kier molecular flexibility index (Phi) is 3.81. The number of hydrogen-bond donors (Lipinski definition) is 2. The summed E-state index contributed by atoms with van der Waals surface area (Å²) in [7, 11) is 0. The maximum Gasteiger partial charge on any atom is 0.349 e. The molecule has 0 radical (unpaired) electrons. The highest BCUT2D eigenvalue weighted by molar-refractivity contribution is 6.30. The van der Waals surface area contributed by atoms with Gasteiger partial charge in [0.1, 0.15) is 6.02 Å². The maximum atomic E-state index is 14.8. The van der Waals surface area contributed by atoms with Crippen molar-refractivity contribution >= 4 is 35.2 Å². The molecule has 0 aromatic heterocycles. The third-order valence-electron chi connectivity index (χ3n) is 4.76. The molecule has 4 rings (SSSR count). The van der Waals surface area contributed by atoms with Crippen molar-refractivity contribution in [2.45, 2.75) is 37.8 Å². The number of rotatable bonds is 5. The topological polar surface area (TPSA) is 95.6 Å². The number of benzene rings is 2. The molecule has 32 heavy (non-hydrogen) atoms. The highest BCUT2D eigenvalue weighted by Gasteiger charge is 2.41. The number of fused-ring (bicyclic) bond motifs is 1. The molecule has 2 aliphatic rings. The smallest absolute Gasteiger partial charge is 0.346 e. The Morgan fingerprint density at radius 2 is 2.03 bits per heavy atom. The van der Waals surface area contributed by atoms with Gasteiger partial charge in [0.15, 0.2) is 1.41 Å². The Morgan fingerprint density at radius 3 is 2.75 bits per heavy atom. The Bertz CT molecular complexity index is 1410. The van der Waals surface area contributed by atoms with Gasteiger partial charge in [0.2, 0.25) is 11.8 Å². The monoisotopic (exact) mass is 468 g/mol. The van der Waals surface area contributed by atoms with Gasteiger partial charge in [-0.15, -0.1) is 0 Å². The first-order valence-corrected chi connectivity index (χ1v) is 9.46. The minimum atomic E-state index is -4.30. The molecule has 0 aliphatic carbocycles. The van der Waals surface area contributed by atoms with Gasteiger partial charge in [-0.05, 0) is 35.7 Å². The van der Waals surface area contributed by atoms with Crippen LogP contribution in [0, 0.1) is 0 Å². The molecule has 10 heteroatoms. The Morgan fingerprint density at radius 1 is 1.31 bits per heavy atom. The summed E-state index contributed by atoms with van der Waals surface area (Å²) in [6, 6.07) is 3.98. The fourth-order valence-electron chi connectivity index (χ4n) is 3.16. The number of nitrogens with one attached hydrogen (secondary N) is 2. The molecule has 2 aromatic rings. The lowest BCUT2D eigenvalue weighted by atomic mass is 10.0. The van der Waals surface area contributed by atoms with Crippen LogP contribution in [0.1, 0.15) is 48.0 Å². The van der Waals surface area contributed by atoms with E-state index in [1.165, 1.54) is 0 Å². The highest BCUT2D eigenvalue weighted by atomic mass is 35.5. The quantitative estimate of drug-likeness (QED) is 0.659. The van der Waals surface area contributed by atoms with Gasteiger partial charge >= 0.3 is 5.92 Å². The first-order valence-electron chi connectivity index (χ1n) is 12.6. The predicted molar refractivity (Wildman–Crippen MR) is 110 cm³/mol. The van der Waals surface area contributed by atoms with Crippen molar-refractivity contribution in [2.24, 2.45) is 0 Å². The van der Waals surface area contributed by atoms with E-state index in [4.69, 9.17) is 21.2 Å². The summed E-state index contributed by atoms with van der Waals surface area (Å²) >= 11 is 5.68. The van der Waals surface area contributed by atoms with Crippen LogP contribution < -0.4 is 10.6 Å². The molecular formula is C22H18ClF2N3O4. The molecule has 1 saturated heterocycles. The second kappa shape index (κ2) is 8.31. The SMILES string of the molecule is [2H]C1C([2H])([2H])C(=O)NC(=O)[C@@]1([2H])N1Cc2cc(C([2H])([2H])N([2H])C(=O)C(F)(F)c3ccc(Cl)cc3)ccc2C1=O. The summed E-state index contributed by atoms with van der Waals surface area (Å²) < 4.78 is 86.1. The number of nitrogens with zero attached hydrogens (tertiary/aromatic N) is 1. The molecular weight excluding hydrogens is 444 g/mol. The molecule has 2 N–H and O–H groups in total. The lowest BCUT2D eigenvalue weighted by Crippen LogP contribution is -2.52. The van der Waals surface area contributed by atoms with Crippen molar-refractivity contribution in [3.8, 4) is 0 Å². The molecule has 4 amide bonds. The van der Waals surface area contributed by atoms with E-state index in [2.05, 4.69) is 0 Å². The summed E-state index contributed by atoms with van der Waals surface area (Å²) in [5, 5.41) is 1.22. The summed E-state index contributed by atoms with van der Waals surface area (Å²) in [5.74, 6) is -10.3. The standard InChI is InChI=1S/C22H18ClF2N3O4/c23-15-4-2-14(3-5-15)22(24,25)21(32)26-10-12-1-6-16-13(9-12)11-28(20(16)31)17-7-8-18(29)27-19(17)30/h1-6,9,17H,7-8,10-11H2,(H,26,32)(H,27,29,30)/t17-/m0/s1/i7D,8D2,10D2,17D/hD/t7?,17-. The number of hydrogen-bond acceptors (Lipinski definition) is 4. The lowest BCUT2D eigenvalue weighted by Gasteiger charge is -2.29. The normalized spacial score (nSPS) is 28.2. The summed E-state index contributed by atoms with van der Waals surface area (Å²) in [6.07, 6.45) is -5.35. The van der Waals surface area contributed by atoms with Crippen molar-refractivity contribution in [3.63, 3.8) is 0 Å². The van der Waals surface area contributed by atoms with Crippen LogP contribution in [-0.4, -0.2) is 34.5 Å². The minimum Gasteiger partial charge on any atom is -0.346 e. The van der Waals surface area contributed by atoms with Crippen LogP contribution >= 0.6 is 11.6 Å². The van der Waals surface area contributed by atoms with E-state index < -0.39 is 77.8 Å². The van der Waals surface area contributed by atoms with E-state index in [-0.39, 0.29) is 16.1 Å². The van der Waals surface area contributed by atoms with Crippen LogP contribution in [0.5, 0.6) is 0 Å². The van der Waals surface area contributed by atoms with Crippen LogP contribution in [-0.2, 0) is 33.3 Å². The number of amides is 4. The van der Waals surface area contributed by atoms with Gasteiger partial charge in [-0.2, -0.15) is 8.78 Å². The van der Waals surface area contributed by atoms with Gasteiger partial charge in [0, 0.05) is 39.7 Å². The molecule has 2 aliphatic heterocycles. The predicted octanol–water partition coefficient (Wildman–Crippen LogP) is 2.51. The van der Waals surface area contributed by atoms with E-state index in [0.29, 0.717) is 4.90 Å². The van der Waals surface area contributed by atoms with E-state index in [1.807, 2.05) is 0 Å². The van der Waals surface area contributed by atoms with Crippen LogP contribution in [0.25, 0.3) is 0 Å². The molecule has 1 unspecified atom stereocenters. The zero-order chi connectivity index (χ0) is 29.3. The second-order valence-electron chi connectivity index (χ2n) is 6.83. The average molecular weight is 469 g/mol. The third-order valence-corrected chi connectivity index (χ3v) is 5.01. The zero-order valence-electron chi connectivity index (χ0n) is 23.0. The molecule has 0 saturated carbocycles. The van der Waals surface area contributed by atoms with Crippen LogP contribution in [0.4, 0.5) is 8.78 Å². The van der Waals surface area contributed by atoms with Gasteiger partial charge in [-0.1, -0.05) is 35.9 Å². The molecule has 0 bridgehead atoms. The van der Waals surface area contributed by atoms with E-state index >= 15 is 0 Å². The highest BCUT2D eigenvalue weighted by Crippen LogP contribution is 2.30. The molecule has 166 valence electrons. The summed E-state index contributed by atoms with van der Waals surface area (Å²) in [4.78, 5) is 50.4. The molecule has 1 fully saturated rings. The maximum absolute atomic E-state index is 14.8. The molecule has 7 nitrogen and oxygen atoms in total. The van der Waals surface area contributed by atoms with Crippen LogP contribution in [0.2, 0.25) is 6.43 Å². The van der Waals surface area contributed by atoms with Gasteiger partial charge in [0.25, 0.3) is 11.8 Å². The zero-order valence-corrected chi connectivity index (χ0v) is 16.7. The fraction of sp³-hybridized carbons (Fsp3) is 0.273. The Labute approximate surface area is 196 Å². The number of carbonyl (C=O) groups is 4. The number of carbonyl (C=O) groups excluding carboxylic acids is 4. The first kappa shape index (κ1) is 14.7. The Hall–Kier alpha value is -3.33. The number of imide groups is 1. The minimum absolute atomic E-state index is 0.0456. The molecule has 2 atom stereocenters. The van der Waals surface area contributed by atoms with Gasteiger partial charge < -0.3 is 10.2 Å². The van der Waals surface area contributed by atoms with Crippen LogP contribution in [0.15, 0.2) is 42.5 Å². The van der Waals surface area contributed by atoms with Crippen molar-refractivity contribution in [1.29, 1.82) is 0 Å². The van der Waals surface area contributed by atoms with Gasteiger partial charge in [0.05, 0.1) is 4.11 Å². The van der Waals surface area contributed by atoms with Crippen molar-refractivity contribution in [1.82, 2.24) is 15.5 Å². The van der Waals surface area contributed by atoms with Gasteiger partial charge in [-0.25, -0.2) is 0 Å². The van der Waals surface area contributed by atoms with Crippen molar-refractivity contribution in [2.75, 3.05) is 0 Å². The summed E-state index contributed by atoms with van der Waals surface area (Å²) in [6.45, 7) is -3.76. The van der Waals surface area contributed by atoms with Crippen LogP contribution in [0.3, 0.4) is 0 Å². The Balaban J connectivity index is 1.64. The second-order valence-corrected chi connectivity index (χ2v) is 7.27. The van der Waals surface area contributed by atoms with E-state index in [1.54, 1.807) is 5.32 Å². The molecule has 2 heterocycles. The average Bonchev–Trinajstić information content (AvgIpc) is 3.22. The third kappa shape index (κ3) is 4.08. The van der Waals surface area contributed by atoms with E-state index in [0.717, 1.165) is 42.5 Å². The number of piperidine rings is 1. The van der Waals surface area contributed by atoms with Crippen molar-refractivity contribution < 1.29 is 37.6 Å². The molecule has 2 aromatic carbocycles. The van der Waals surface area contributed by atoms with Gasteiger partial charge in [-0.3, -0.25) is 24.5 Å². The number of halogens is 3. The summed E-state index contributed by atoms with van der Waals surface area (Å²) in [5.41, 5.74) is -1.54. The fourth-order valence-corrected chi connectivity index (χ4v) is 3.28.